The van der Waals surface area contributed by atoms with Crippen molar-refractivity contribution >= 4 is 11.5 Å². The Balaban J connectivity index is 1.96. The first kappa shape index (κ1) is 11.2. The van der Waals surface area contributed by atoms with Crippen molar-refractivity contribution in [3.8, 4) is 0 Å². The molecule has 0 radical (unpaired) electrons. The SMILES string of the molecule is Cc1cnc(NC2CCC(O)CC2)cc1N. The zero-order valence-electron chi connectivity index (χ0n) is 9.61. The van der Waals surface area contributed by atoms with E-state index in [0.717, 1.165) is 42.8 Å². The molecule has 1 saturated carbocycles. The van der Waals surface area contributed by atoms with Gasteiger partial charge in [-0.05, 0) is 38.2 Å². The van der Waals surface area contributed by atoms with E-state index in [1.54, 1.807) is 6.20 Å². The number of aryl methyl sites for hydroxylation is 1. The van der Waals surface area contributed by atoms with Crippen LogP contribution in [0.5, 0.6) is 0 Å². The fraction of sp³-hybridized carbons (Fsp3) is 0.583. The molecule has 0 atom stereocenters. The number of aromatic nitrogens is 1. The number of hydrogen-bond acceptors (Lipinski definition) is 4. The van der Waals surface area contributed by atoms with Gasteiger partial charge in [-0.1, -0.05) is 0 Å². The highest BCUT2D eigenvalue weighted by Gasteiger charge is 2.19. The zero-order chi connectivity index (χ0) is 11.5. The Morgan fingerprint density at radius 2 is 2.06 bits per heavy atom. The van der Waals surface area contributed by atoms with Crippen LogP contribution in [0.2, 0.25) is 0 Å². The molecule has 1 aromatic heterocycles. The molecule has 0 amide bonds. The molecule has 4 N–H and O–H groups in total. The summed E-state index contributed by atoms with van der Waals surface area (Å²) >= 11 is 0. The average Bonchev–Trinajstić information content (AvgIpc) is 2.27. The first-order valence-electron chi connectivity index (χ1n) is 5.82. The van der Waals surface area contributed by atoms with Crippen molar-refractivity contribution in [1.82, 2.24) is 4.98 Å². The number of nitrogen functional groups attached to an aromatic ring is 1. The highest BCUT2D eigenvalue weighted by Crippen LogP contribution is 2.22. The summed E-state index contributed by atoms with van der Waals surface area (Å²) in [6.07, 6.45) is 5.41. The molecule has 0 bridgehead atoms. The van der Waals surface area contributed by atoms with Crippen LogP contribution in [0.25, 0.3) is 0 Å². The van der Waals surface area contributed by atoms with E-state index >= 15 is 0 Å². The number of nitrogens with one attached hydrogen (secondary N) is 1. The molecule has 4 nitrogen and oxygen atoms in total. The molecule has 2 rings (SSSR count). The van der Waals surface area contributed by atoms with Gasteiger partial charge in [-0.2, -0.15) is 0 Å². The Bertz CT molecular complexity index is 359. The summed E-state index contributed by atoms with van der Waals surface area (Å²) in [5, 5.41) is 12.8. The fourth-order valence-corrected chi connectivity index (χ4v) is 2.05. The van der Waals surface area contributed by atoms with Crippen molar-refractivity contribution in [2.75, 3.05) is 11.1 Å². The van der Waals surface area contributed by atoms with Crippen molar-refractivity contribution in [3.05, 3.63) is 17.8 Å². The first-order valence-corrected chi connectivity index (χ1v) is 5.82. The molecule has 1 aromatic rings. The predicted molar refractivity (Wildman–Crippen MR) is 65.3 cm³/mol. The van der Waals surface area contributed by atoms with Gasteiger partial charge in [-0.3, -0.25) is 0 Å². The summed E-state index contributed by atoms with van der Waals surface area (Å²) in [5.74, 6) is 0.837. The van der Waals surface area contributed by atoms with Crippen LogP contribution < -0.4 is 11.1 Å². The van der Waals surface area contributed by atoms with Gasteiger partial charge in [0, 0.05) is 24.0 Å². The predicted octanol–water partition coefficient (Wildman–Crippen LogP) is 1.69. The fourth-order valence-electron chi connectivity index (χ4n) is 2.05. The van der Waals surface area contributed by atoms with Gasteiger partial charge in [0.2, 0.25) is 0 Å². The Morgan fingerprint density at radius 1 is 1.38 bits per heavy atom. The largest absolute Gasteiger partial charge is 0.398 e. The minimum atomic E-state index is -0.117. The molecule has 4 heteroatoms. The van der Waals surface area contributed by atoms with Crippen molar-refractivity contribution in [3.63, 3.8) is 0 Å². The van der Waals surface area contributed by atoms with Gasteiger partial charge in [-0.25, -0.2) is 4.98 Å². The lowest BCUT2D eigenvalue weighted by Gasteiger charge is -2.26. The van der Waals surface area contributed by atoms with Gasteiger partial charge in [0.25, 0.3) is 0 Å². The number of nitrogens with two attached hydrogens (primary N) is 1. The minimum Gasteiger partial charge on any atom is -0.398 e. The number of aliphatic hydroxyl groups excluding tert-OH is 1. The molecule has 88 valence electrons. The summed E-state index contributed by atoms with van der Waals surface area (Å²) in [6.45, 7) is 1.95. The summed E-state index contributed by atoms with van der Waals surface area (Å²) in [6, 6.07) is 2.29. The van der Waals surface area contributed by atoms with Crippen LogP contribution in [0.1, 0.15) is 31.2 Å². The Kier molecular flexibility index (Phi) is 3.29. The lowest BCUT2D eigenvalue weighted by molar-refractivity contribution is 0.126. The second-order valence-corrected chi connectivity index (χ2v) is 4.58. The van der Waals surface area contributed by atoms with Gasteiger partial charge in [0.05, 0.1) is 6.10 Å². The number of pyridine rings is 1. The van der Waals surface area contributed by atoms with E-state index in [9.17, 15) is 5.11 Å². The van der Waals surface area contributed by atoms with Gasteiger partial charge < -0.3 is 16.2 Å². The van der Waals surface area contributed by atoms with Crippen LogP contribution in [0.3, 0.4) is 0 Å². The maximum absolute atomic E-state index is 9.41. The smallest absolute Gasteiger partial charge is 0.128 e. The molecule has 0 unspecified atom stereocenters. The molecular formula is C12H19N3O. The van der Waals surface area contributed by atoms with Crippen LogP contribution in [-0.4, -0.2) is 22.2 Å². The van der Waals surface area contributed by atoms with Crippen LogP contribution in [0.4, 0.5) is 11.5 Å². The summed E-state index contributed by atoms with van der Waals surface area (Å²) in [7, 11) is 0. The monoisotopic (exact) mass is 221 g/mol. The number of hydrogen-bond donors (Lipinski definition) is 3. The lowest BCUT2D eigenvalue weighted by Crippen LogP contribution is -2.28. The van der Waals surface area contributed by atoms with E-state index in [2.05, 4.69) is 10.3 Å². The highest BCUT2D eigenvalue weighted by molar-refractivity contribution is 5.53. The maximum Gasteiger partial charge on any atom is 0.128 e. The number of rotatable bonds is 2. The van der Waals surface area contributed by atoms with Gasteiger partial charge in [0.1, 0.15) is 5.82 Å². The molecule has 1 aliphatic carbocycles. The van der Waals surface area contributed by atoms with Crippen molar-refractivity contribution < 1.29 is 5.11 Å². The molecule has 0 aromatic carbocycles. The van der Waals surface area contributed by atoms with E-state index in [-0.39, 0.29) is 6.10 Å². The summed E-state index contributed by atoms with van der Waals surface area (Å²) < 4.78 is 0. The molecule has 16 heavy (non-hydrogen) atoms. The third kappa shape index (κ3) is 2.64. The standard InChI is InChI=1S/C12H19N3O/c1-8-7-14-12(6-11(8)13)15-9-2-4-10(16)5-3-9/h6-7,9-10,16H,2-5H2,1H3,(H3,13,14,15). The topological polar surface area (TPSA) is 71.2 Å². The van der Waals surface area contributed by atoms with Gasteiger partial charge in [0.15, 0.2) is 0 Å². The molecule has 0 aliphatic heterocycles. The molecular weight excluding hydrogens is 202 g/mol. The second kappa shape index (κ2) is 4.70. The van der Waals surface area contributed by atoms with Crippen LogP contribution in [-0.2, 0) is 0 Å². The molecule has 0 saturated heterocycles. The molecule has 0 spiro atoms. The van der Waals surface area contributed by atoms with Crippen LogP contribution >= 0.6 is 0 Å². The van der Waals surface area contributed by atoms with Gasteiger partial charge >= 0.3 is 0 Å². The third-order valence-electron chi connectivity index (χ3n) is 3.19. The van der Waals surface area contributed by atoms with E-state index in [1.807, 2.05) is 13.0 Å². The van der Waals surface area contributed by atoms with Crippen molar-refractivity contribution in [2.24, 2.45) is 0 Å². The van der Waals surface area contributed by atoms with Crippen molar-refractivity contribution in [1.29, 1.82) is 0 Å². The molecule has 1 heterocycles. The van der Waals surface area contributed by atoms with E-state index in [0.29, 0.717) is 6.04 Å². The van der Waals surface area contributed by atoms with Gasteiger partial charge in [-0.15, -0.1) is 0 Å². The molecule has 1 fully saturated rings. The van der Waals surface area contributed by atoms with Crippen LogP contribution in [0.15, 0.2) is 12.3 Å². The van der Waals surface area contributed by atoms with Crippen molar-refractivity contribution in [2.45, 2.75) is 44.8 Å². The second-order valence-electron chi connectivity index (χ2n) is 4.58. The molecule has 1 aliphatic rings. The zero-order valence-corrected chi connectivity index (χ0v) is 9.61. The Morgan fingerprint density at radius 3 is 2.69 bits per heavy atom. The maximum atomic E-state index is 9.41. The highest BCUT2D eigenvalue weighted by atomic mass is 16.3. The Labute approximate surface area is 95.9 Å². The average molecular weight is 221 g/mol. The summed E-state index contributed by atoms with van der Waals surface area (Å²) in [5.41, 5.74) is 7.60. The number of nitrogens with zero attached hydrogens (tertiary/aromatic N) is 1. The quantitative estimate of drug-likeness (QED) is 0.710. The summed E-state index contributed by atoms with van der Waals surface area (Å²) in [4.78, 5) is 4.30. The minimum absolute atomic E-state index is 0.117. The van der Waals surface area contributed by atoms with E-state index in [4.69, 9.17) is 5.73 Å². The van der Waals surface area contributed by atoms with E-state index < -0.39 is 0 Å². The first-order chi connectivity index (χ1) is 7.65. The third-order valence-corrected chi connectivity index (χ3v) is 3.19. The van der Waals surface area contributed by atoms with E-state index in [1.165, 1.54) is 0 Å². The number of aliphatic hydroxyl groups is 1. The lowest BCUT2D eigenvalue weighted by atomic mass is 9.93. The van der Waals surface area contributed by atoms with Crippen LogP contribution in [0, 0.1) is 6.92 Å². The number of anilines is 2. The normalized spacial score (nSPS) is 25.4. The Hall–Kier alpha value is -1.29.